The Labute approximate surface area is 97.1 Å². The van der Waals surface area contributed by atoms with Crippen LogP contribution in [0.15, 0.2) is 18.2 Å². The lowest BCUT2D eigenvalue weighted by Gasteiger charge is -2.21. The molecule has 0 heterocycles. The average molecular weight is 223 g/mol. The highest BCUT2D eigenvalue weighted by Gasteiger charge is 2.16. The zero-order valence-corrected chi connectivity index (χ0v) is 10.2. The first-order valence-electron chi connectivity index (χ1n) is 5.66. The van der Waals surface area contributed by atoms with Crippen molar-refractivity contribution in [2.75, 3.05) is 6.54 Å². The summed E-state index contributed by atoms with van der Waals surface area (Å²) >= 11 is 0. The molecule has 90 valence electrons. The van der Waals surface area contributed by atoms with Crippen molar-refractivity contribution < 1.29 is 10.2 Å². The van der Waals surface area contributed by atoms with E-state index in [-0.39, 0.29) is 0 Å². The summed E-state index contributed by atoms with van der Waals surface area (Å²) in [4.78, 5) is 0. The molecule has 16 heavy (non-hydrogen) atoms. The number of phenols is 1. The predicted octanol–water partition coefficient (Wildman–Crippen LogP) is 1.95. The highest BCUT2D eigenvalue weighted by atomic mass is 16.3. The van der Waals surface area contributed by atoms with Crippen LogP contribution in [0.2, 0.25) is 0 Å². The van der Waals surface area contributed by atoms with E-state index >= 15 is 0 Å². The molecule has 1 aromatic carbocycles. The molecule has 0 spiro atoms. The van der Waals surface area contributed by atoms with E-state index in [4.69, 9.17) is 0 Å². The molecule has 1 rings (SSSR count). The highest BCUT2D eigenvalue weighted by molar-refractivity contribution is 5.35. The zero-order valence-electron chi connectivity index (χ0n) is 10.2. The van der Waals surface area contributed by atoms with Gasteiger partial charge in [-0.1, -0.05) is 24.6 Å². The first kappa shape index (κ1) is 13.0. The number of hydrogen-bond acceptors (Lipinski definition) is 3. The van der Waals surface area contributed by atoms with E-state index in [1.807, 2.05) is 26.0 Å². The van der Waals surface area contributed by atoms with Crippen molar-refractivity contribution in [3.8, 4) is 5.75 Å². The molecule has 0 aliphatic carbocycles. The molecular formula is C13H21NO2. The molecule has 0 saturated carbocycles. The third-order valence-electron chi connectivity index (χ3n) is 2.82. The maximum Gasteiger partial charge on any atom is 0.120 e. The van der Waals surface area contributed by atoms with Crippen molar-refractivity contribution in [1.82, 2.24) is 5.32 Å². The minimum atomic E-state index is -0.681. The van der Waals surface area contributed by atoms with Crippen molar-refractivity contribution in [1.29, 1.82) is 0 Å². The van der Waals surface area contributed by atoms with Crippen molar-refractivity contribution in [2.45, 2.75) is 39.3 Å². The number of aryl methyl sites for hydroxylation is 1. The lowest BCUT2D eigenvalue weighted by molar-refractivity contribution is 0.0555. The lowest BCUT2D eigenvalue weighted by atomic mass is 10.0. The molecule has 0 bridgehead atoms. The van der Waals surface area contributed by atoms with E-state index in [0.717, 1.165) is 11.1 Å². The van der Waals surface area contributed by atoms with Crippen LogP contribution in [0.5, 0.6) is 5.75 Å². The van der Waals surface area contributed by atoms with E-state index in [1.54, 1.807) is 13.0 Å². The van der Waals surface area contributed by atoms with Gasteiger partial charge in [0.2, 0.25) is 0 Å². The summed E-state index contributed by atoms with van der Waals surface area (Å²) in [5, 5.41) is 22.6. The third kappa shape index (κ3) is 3.83. The second-order valence-electron chi connectivity index (χ2n) is 4.59. The van der Waals surface area contributed by atoms with Gasteiger partial charge in [-0.15, -0.1) is 0 Å². The van der Waals surface area contributed by atoms with Gasteiger partial charge < -0.3 is 15.5 Å². The van der Waals surface area contributed by atoms with Gasteiger partial charge in [0.25, 0.3) is 0 Å². The summed E-state index contributed by atoms with van der Waals surface area (Å²) in [5.41, 5.74) is 1.31. The Hall–Kier alpha value is -1.06. The van der Waals surface area contributed by atoms with Crippen LogP contribution in [0.3, 0.4) is 0 Å². The fraction of sp³-hybridized carbons (Fsp3) is 0.538. The summed E-state index contributed by atoms with van der Waals surface area (Å²) in [6, 6.07) is 5.52. The zero-order chi connectivity index (χ0) is 12.2. The SMILES string of the molecule is CCC(C)(O)CNCc1cc(C)ccc1O. The standard InChI is InChI=1S/C13H21NO2/c1-4-13(3,16)9-14-8-11-7-10(2)5-6-12(11)15/h5-7,14-16H,4,8-9H2,1-3H3. The summed E-state index contributed by atoms with van der Waals surface area (Å²) in [6.45, 7) is 6.84. The Balaban J connectivity index is 2.52. The molecule has 0 aliphatic rings. The van der Waals surface area contributed by atoms with Crippen molar-refractivity contribution in [3.05, 3.63) is 29.3 Å². The number of hydrogen-bond donors (Lipinski definition) is 3. The highest BCUT2D eigenvalue weighted by Crippen LogP contribution is 2.18. The first-order chi connectivity index (χ1) is 7.44. The molecule has 0 aliphatic heterocycles. The second-order valence-corrected chi connectivity index (χ2v) is 4.59. The van der Waals surface area contributed by atoms with Crippen molar-refractivity contribution in [2.24, 2.45) is 0 Å². The van der Waals surface area contributed by atoms with Crippen LogP contribution in [0.1, 0.15) is 31.4 Å². The van der Waals surface area contributed by atoms with Crippen LogP contribution >= 0.6 is 0 Å². The Morgan fingerprint density at radius 3 is 2.69 bits per heavy atom. The van der Waals surface area contributed by atoms with Crippen LogP contribution in [0, 0.1) is 6.92 Å². The van der Waals surface area contributed by atoms with Gasteiger partial charge in [0.05, 0.1) is 5.60 Å². The van der Waals surface area contributed by atoms with E-state index < -0.39 is 5.60 Å². The molecule has 3 heteroatoms. The van der Waals surface area contributed by atoms with E-state index in [0.29, 0.717) is 25.3 Å². The Bertz CT molecular complexity index is 348. The van der Waals surface area contributed by atoms with Gasteiger partial charge in [0.1, 0.15) is 5.75 Å². The molecule has 0 fully saturated rings. The van der Waals surface area contributed by atoms with E-state index in [9.17, 15) is 10.2 Å². The van der Waals surface area contributed by atoms with E-state index in [1.165, 1.54) is 0 Å². The summed E-state index contributed by atoms with van der Waals surface area (Å²) in [7, 11) is 0. The topological polar surface area (TPSA) is 52.5 Å². The van der Waals surface area contributed by atoms with Gasteiger partial charge in [0, 0.05) is 18.7 Å². The molecule has 1 unspecified atom stereocenters. The third-order valence-corrected chi connectivity index (χ3v) is 2.82. The van der Waals surface area contributed by atoms with Crippen molar-refractivity contribution in [3.63, 3.8) is 0 Å². The molecule has 0 amide bonds. The fourth-order valence-electron chi connectivity index (χ4n) is 1.45. The Kier molecular flexibility index (Phi) is 4.33. The minimum Gasteiger partial charge on any atom is -0.508 e. The lowest BCUT2D eigenvalue weighted by Crippen LogP contribution is -2.36. The molecule has 1 aromatic rings. The van der Waals surface area contributed by atoms with Gasteiger partial charge in [-0.05, 0) is 26.3 Å². The number of nitrogens with one attached hydrogen (secondary N) is 1. The second kappa shape index (κ2) is 5.32. The Morgan fingerprint density at radius 1 is 1.38 bits per heavy atom. The number of aliphatic hydroxyl groups is 1. The summed E-state index contributed by atoms with van der Waals surface area (Å²) in [6.07, 6.45) is 0.708. The van der Waals surface area contributed by atoms with Crippen LogP contribution in [-0.2, 0) is 6.54 Å². The minimum absolute atomic E-state index is 0.300. The monoisotopic (exact) mass is 223 g/mol. The molecule has 3 nitrogen and oxygen atoms in total. The number of aromatic hydroxyl groups is 1. The van der Waals surface area contributed by atoms with Crippen LogP contribution in [0.4, 0.5) is 0 Å². The number of phenolic OH excluding ortho intramolecular Hbond substituents is 1. The number of rotatable bonds is 5. The number of benzene rings is 1. The Morgan fingerprint density at radius 2 is 2.06 bits per heavy atom. The molecule has 0 radical (unpaired) electrons. The normalized spacial score (nSPS) is 14.8. The quantitative estimate of drug-likeness (QED) is 0.715. The predicted molar refractivity (Wildman–Crippen MR) is 65.5 cm³/mol. The maximum atomic E-state index is 9.80. The molecule has 0 aromatic heterocycles. The molecule has 0 saturated heterocycles. The van der Waals surface area contributed by atoms with Gasteiger partial charge in [-0.25, -0.2) is 0 Å². The maximum absolute atomic E-state index is 9.80. The molecule has 1 atom stereocenters. The fourth-order valence-corrected chi connectivity index (χ4v) is 1.45. The van der Waals surface area contributed by atoms with Gasteiger partial charge in [0.15, 0.2) is 0 Å². The van der Waals surface area contributed by atoms with Crippen molar-refractivity contribution >= 4 is 0 Å². The molecule has 3 N–H and O–H groups in total. The summed E-state index contributed by atoms with van der Waals surface area (Å²) in [5.74, 6) is 0.300. The van der Waals surface area contributed by atoms with Crippen LogP contribution < -0.4 is 5.32 Å². The first-order valence-corrected chi connectivity index (χ1v) is 5.66. The van der Waals surface area contributed by atoms with Crippen LogP contribution in [0.25, 0.3) is 0 Å². The van der Waals surface area contributed by atoms with Crippen LogP contribution in [-0.4, -0.2) is 22.4 Å². The summed E-state index contributed by atoms with van der Waals surface area (Å²) < 4.78 is 0. The largest absolute Gasteiger partial charge is 0.508 e. The average Bonchev–Trinajstić information content (AvgIpc) is 2.23. The molecular weight excluding hydrogens is 202 g/mol. The smallest absolute Gasteiger partial charge is 0.120 e. The van der Waals surface area contributed by atoms with Gasteiger partial charge in [-0.3, -0.25) is 0 Å². The van der Waals surface area contributed by atoms with E-state index in [2.05, 4.69) is 5.32 Å². The van der Waals surface area contributed by atoms with Gasteiger partial charge >= 0.3 is 0 Å². The van der Waals surface area contributed by atoms with Gasteiger partial charge in [-0.2, -0.15) is 0 Å².